The third-order valence-electron chi connectivity index (χ3n) is 0.763. The summed E-state index contributed by atoms with van der Waals surface area (Å²) >= 11 is -0.346. The van der Waals surface area contributed by atoms with Crippen molar-refractivity contribution in [2.75, 3.05) is 0 Å². The summed E-state index contributed by atoms with van der Waals surface area (Å²) in [6.45, 7) is 19.9. The van der Waals surface area contributed by atoms with Crippen molar-refractivity contribution < 1.29 is 15.1 Å². The van der Waals surface area contributed by atoms with Crippen LogP contribution in [0.1, 0.15) is 27.7 Å². The molecule has 23 heavy (non-hydrogen) atoms. The Hall–Kier alpha value is -1.88. The minimum atomic E-state index is -0.346. The van der Waals surface area contributed by atoms with Crippen LogP contribution in [0.3, 0.4) is 0 Å². The van der Waals surface area contributed by atoms with Crippen LogP contribution in [0.25, 0.3) is 0 Å². The fourth-order valence-corrected chi connectivity index (χ4v) is 0. The molecule has 0 rings (SSSR count). The van der Waals surface area contributed by atoms with Gasteiger partial charge in [-0.2, -0.15) is 21.0 Å². The van der Waals surface area contributed by atoms with Gasteiger partial charge in [-0.05, 0) is 27.7 Å². The molecule has 0 N–H and O–H groups in total. The molecule has 0 saturated heterocycles. The summed E-state index contributed by atoms with van der Waals surface area (Å²) in [6.07, 6.45) is 0. The SMILES string of the molecule is C=C(C)C#N.C=C(C)C#N.C=C(C)C#N.C=C(C)C#N.[Cl][Ru][Cl]. The molecule has 0 aromatic heterocycles. The molecular weight excluding hydrogens is 420 g/mol. The summed E-state index contributed by atoms with van der Waals surface area (Å²) in [4.78, 5) is 0. The van der Waals surface area contributed by atoms with E-state index in [-0.39, 0.29) is 15.1 Å². The number of nitrogens with zero attached hydrogens (tertiary/aromatic N) is 4. The van der Waals surface area contributed by atoms with E-state index in [0.29, 0.717) is 22.3 Å². The summed E-state index contributed by atoms with van der Waals surface area (Å²) in [5.74, 6) is 0. The van der Waals surface area contributed by atoms with Crippen LogP contribution in [-0.2, 0) is 15.1 Å². The van der Waals surface area contributed by atoms with Crippen molar-refractivity contribution >= 4 is 19.4 Å². The van der Waals surface area contributed by atoms with E-state index in [0.717, 1.165) is 0 Å². The van der Waals surface area contributed by atoms with E-state index in [1.165, 1.54) is 0 Å². The molecule has 0 aromatic carbocycles. The Kier molecular flexibility index (Phi) is 46.0. The summed E-state index contributed by atoms with van der Waals surface area (Å²) in [5, 5.41) is 31.2. The topological polar surface area (TPSA) is 95.2 Å². The van der Waals surface area contributed by atoms with E-state index in [9.17, 15) is 0 Å². The van der Waals surface area contributed by atoms with Crippen LogP contribution >= 0.6 is 19.4 Å². The van der Waals surface area contributed by atoms with Gasteiger partial charge in [0.1, 0.15) is 0 Å². The van der Waals surface area contributed by atoms with Crippen LogP contribution in [-0.4, -0.2) is 0 Å². The van der Waals surface area contributed by atoms with Gasteiger partial charge in [-0.3, -0.25) is 0 Å². The number of hydrogen-bond donors (Lipinski definition) is 0. The van der Waals surface area contributed by atoms with Crippen LogP contribution in [0.2, 0.25) is 0 Å². The molecule has 4 nitrogen and oxygen atoms in total. The van der Waals surface area contributed by atoms with Gasteiger partial charge in [-0.1, -0.05) is 26.3 Å². The Morgan fingerprint density at radius 2 is 0.652 bits per heavy atom. The average Bonchev–Trinajstić information content (AvgIpc) is 2.49. The van der Waals surface area contributed by atoms with Gasteiger partial charge in [0.2, 0.25) is 0 Å². The Labute approximate surface area is 155 Å². The Morgan fingerprint density at radius 1 is 0.609 bits per heavy atom. The van der Waals surface area contributed by atoms with Crippen molar-refractivity contribution in [3.05, 3.63) is 48.6 Å². The zero-order valence-corrected chi connectivity index (χ0v) is 17.0. The standard InChI is InChI=1S/4C4H5N.2ClH.Ru/c4*1-4(2)3-5;;;/h4*1H2,2H3;2*1H;/q;;;;;;+2/p-2. The fraction of sp³-hybridized carbons (Fsp3) is 0.250. The molecule has 0 fully saturated rings. The molecule has 0 atom stereocenters. The number of hydrogen-bond acceptors (Lipinski definition) is 4. The molecular formula is C16H20Cl2N4Ru. The first-order valence-corrected chi connectivity index (χ1v) is 10.1. The Balaban J connectivity index is -0.0000000593. The monoisotopic (exact) mass is 440 g/mol. The van der Waals surface area contributed by atoms with Crippen molar-refractivity contribution in [2.24, 2.45) is 0 Å². The molecule has 0 heterocycles. The van der Waals surface area contributed by atoms with Crippen molar-refractivity contribution in [2.45, 2.75) is 27.7 Å². The van der Waals surface area contributed by atoms with Gasteiger partial charge in [0.25, 0.3) is 0 Å². The van der Waals surface area contributed by atoms with Crippen LogP contribution in [0.15, 0.2) is 48.6 Å². The number of allylic oxidation sites excluding steroid dienone is 4. The molecule has 0 saturated carbocycles. The summed E-state index contributed by atoms with van der Waals surface area (Å²) in [6, 6.07) is 7.33. The number of nitriles is 4. The fourth-order valence-electron chi connectivity index (χ4n) is 0. The molecule has 7 heteroatoms. The summed E-state index contributed by atoms with van der Waals surface area (Å²) in [7, 11) is 9.71. The third-order valence-corrected chi connectivity index (χ3v) is 0.763. The van der Waals surface area contributed by atoms with E-state index in [4.69, 9.17) is 40.4 Å². The molecule has 0 spiro atoms. The van der Waals surface area contributed by atoms with Crippen LogP contribution in [0, 0.1) is 45.3 Å². The molecule has 0 aliphatic heterocycles. The molecule has 0 aliphatic rings. The van der Waals surface area contributed by atoms with Crippen molar-refractivity contribution in [3.8, 4) is 24.3 Å². The molecule has 0 aliphatic carbocycles. The first-order chi connectivity index (χ1) is 10.5. The first-order valence-electron chi connectivity index (χ1n) is 5.58. The van der Waals surface area contributed by atoms with Gasteiger partial charge in [-0.15, -0.1) is 0 Å². The van der Waals surface area contributed by atoms with E-state index < -0.39 is 0 Å². The molecule has 0 bridgehead atoms. The van der Waals surface area contributed by atoms with Crippen molar-refractivity contribution in [1.82, 2.24) is 0 Å². The van der Waals surface area contributed by atoms with Crippen LogP contribution < -0.4 is 0 Å². The van der Waals surface area contributed by atoms with E-state index in [1.807, 2.05) is 24.3 Å². The third kappa shape index (κ3) is 176. The van der Waals surface area contributed by atoms with Crippen LogP contribution in [0.5, 0.6) is 0 Å². The Bertz CT molecular complexity index is 430. The van der Waals surface area contributed by atoms with Crippen molar-refractivity contribution in [1.29, 1.82) is 21.0 Å². The summed E-state index contributed by atoms with van der Waals surface area (Å²) in [5.41, 5.74) is 2.24. The molecule has 126 valence electrons. The van der Waals surface area contributed by atoms with Gasteiger partial charge in [-0.25, -0.2) is 0 Å². The van der Waals surface area contributed by atoms with Gasteiger partial charge in [0, 0.05) is 22.3 Å². The normalized spacial score (nSPS) is 5.83. The van der Waals surface area contributed by atoms with E-state index in [1.54, 1.807) is 27.7 Å². The minimum absolute atomic E-state index is 0.346. The first kappa shape index (κ1) is 32.9. The second-order valence-electron chi connectivity index (χ2n) is 3.62. The molecule has 0 aromatic rings. The van der Waals surface area contributed by atoms with E-state index in [2.05, 4.69) is 26.3 Å². The number of rotatable bonds is 0. The number of halogens is 2. The van der Waals surface area contributed by atoms with Crippen molar-refractivity contribution in [3.63, 3.8) is 0 Å². The Morgan fingerprint density at radius 3 is 0.652 bits per heavy atom. The predicted octanol–water partition coefficient (Wildman–Crippen LogP) is 5.72. The van der Waals surface area contributed by atoms with Gasteiger partial charge in [0.05, 0.1) is 24.3 Å². The second-order valence-corrected chi connectivity index (χ2v) is 6.26. The average molecular weight is 440 g/mol. The van der Waals surface area contributed by atoms with Gasteiger partial charge >= 0.3 is 34.5 Å². The molecule has 0 radical (unpaired) electrons. The zero-order valence-electron chi connectivity index (χ0n) is 13.7. The zero-order chi connectivity index (χ0) is 19.8. The second kappa shape index (κ2) is 32.2. The van der Waals surface area contributed by atoms with E-state index >= 15 is 0 Å². The predicted molar refractivity (Wildman–Crippen MR) is 93.4 cm³/mol. The maximum atomic E-state index is 7.79. The summed E-state index contributed by atoms with van der Waals surface area (Å²) < 4.78 is 0. The maximum absolute atomic E-state index is 7.79. The molecule has 0 amide bonds. The van der Waals surface area contributed by atoms with Gasteiger partial charge < -0.3 is 0 Å². The van der Waals surface area contributed by atoms with Gasteiger partial charge in [0.15, 0.2) is 0 Å². The van der Waals surface area contributed by atoms with Crippen LogP contribution in [0.4, 0.5) is 0 Å². The molecule has 0 unspecified atom stereocenters. The quantitative estimate of drug-likeness (QED) is 0.356.